The van der Waals surface area contributed by atoms with Gasteiger partial charge in [-0.05, 0) is 35.0 Å². The summed E-state index contributed by atoms with van der Waals surface area (Å²) in [6.07, 6.45) is -0.712. The molecule has 0 saturated heterocycles. The Hall–Kier alpha value is -1.55. The van der Waals surface area contributed by atoms with Gasteiger partial charge in [-0.15, -0.1) is 0 Å². The summed E-state index contributed by atoms with van der Waals surface area (Å²) in [6, 6.07) is 11.3. The quantitative estimate of drug-likeness (QED) is 0.590. The second kappa shape index (κ2) is 4.53. The fourth-order valence-corrected chi connectivity index (χ4v) is 1.77. The molecule has 0 spiro atoms. The average Bonchev–Trinajstić information content (AvgIpc) is 2.29. The molecule has 0 atom stereocenters. The fraction of sp³-hybridized carbons (Fsp3) is 0.0833. The molecule has 0 radical (unpaired) electrons. The van der Waals surface area contributed by atoms with Gasteiger partial charge < -0.3 is 9.47 Å². The predicted octanol–water partition coefficient (Wildman–Crippen LogP) is 3.75. The minimum atomic E-state index is -0.712. The topological polar surface area (TPSA) is 35.5 Å². The summed E-state index contributed by atoms with van der Waals surface area (Å²) >= 11 is 3.40. The van der Waals surface area contributed by atoms with Crippen LogP contribution in [0.15, 0.2) is 40.9 Å². The lowest BCUT2D eigenvalue weighted by molar-refractivity contribution is 0.121. The number of benzene rings is 2. The van der Waals surface area contributed by atoms with Crippen molar-refractivity contribution < 1.29 is 14.3 Å². The van der Waals surface area contributed by atoms with E-state index in [0.29, 0.717) is 5.75 Å². The van der Waals surface area contributed by atoms with Crippen LogP contribution in [-0.4, -0.2) is 13.3 Å². The lowest BCUT2D eigenvalue weighted by Gasteiger charge is -2.04. The van der Waals surface area contributed by atoms with Crippen molar-refractivity contribution >= 4 is 32.9 Å². The molecule has 0 aliphatic carbocycles. The molecule has 0 bridgehead atoms. The van der Waals surface area contributed by atoms with E-state index < -0.39 is 6.16 Å². The van der Waals surface area contributed by atoms with Crippen molar-refractivity contribution in [2.45, 2.75) is 0 Å². The Kier molecular flexibility index (Phi) is 3.10. The number of carbonyl (C=O) groups excluding carboxylic acids is 1. The molecule has 0 aromatic heterocycles. The zero-order valence-electron chi connectivity index (χ0n) is 8.57. The molecule has 0 fully saturated rings. The molecule has 0 N–H and O–H groups in total. The first-order valence-corrected chi connectivity index (χ1v) is 5.43. The van der Waals surface area contributed by atoms with Crippen molar-refractivity contribution in [2.75, 3.05) is 7.11 Å². The number of hydrogen-bond donors (Lipinski definition) is 0. The average molecular weight is 281 g/mol. The Morgan fingerprint density at radius 2 is 1.81 bits per heavy atom. The zero-order chi connectivity index (χ0) is 11.5. The van der Waals surface area contributed by atoms with Gasteiger partial charge in [0.25, 0.3) is 0 Å². The van der Waals surface area contributed by atoms with Crippen molar-refractivity contribution in [2.24, 2.45) is 0 Å². The standard InChI is InChI=1S/C12H9BrO3/c1-15-12(14)16-11-5-3-8-6-10(13)4-2-9(8)7-11/h2-7H,1H3. The number of methoxy groups -OCH3 is 1. The van der Waals surface area contributed by atoms with Crippen LogP contribution in [0.1, 0.15) is 0 Å². The molecule has 0 amide bonds. The summed E-state index contributed by atoms with van der Waals surface area (Å²) in [6.45, 7) is 0. The van der Waals surface area contributed by atoms with Crippen molar-refractivity contribution in [3.63, 3.8) is 0 Å². The molecule has 16 heavy (non-hydrogen) atoms. The van der Waals surface area contributed by atoms with Gasteiger partial charge in [0.05, 0.1) is 7.11 Å². The number of rotatable bonds is 1. The van der Waals surface area contributed by atoms with E-state index in [1.54, 1.807) is 12.1 Å². The second-order valence-corrected chi connectivity index (χ2v) is 4.13. The zero-order valence-corrected chi connectivity index (χ0v) is 10.2. The summed E-state index contributed by atoms with van der Waals surface area (Å²) in [5.41, 5.74) is 0. The Balaban J connectivity index is 2.37. The molecular weight excluding hydrogens is 272 g/mol. The van der Waals surface area contributed by atoms with E-state index in [9.17, 15) is 4.79 Å². The van der Waals surface area contributed by atoms with Crippen LogP contribution >= 0.6 is 15.9 Å². The van der Waals surface area contributed by atoms with Crippen LogP contribution in [0.25, 0.3) is 10.8 Å². The molecule has 4 heteroatoms. The highest BCUT2D eigenvalue weighted by molar-refractivity contribution is 9.10. The summed E-state index contributed by atoms with van der Waals surface area (Å²) in [7, 11) is 1.28. The Morgan fingerprint density at radius 3 is 2.56 bits per heavy atom. The van der Waals surface area contributed by atoms with E-state index >= 15 is 0 Å². The molecule has 82 valence electrons. The van der Waals surface area contributed by atoms with E-state index in [-0.39, 0.29) is 0 Å². The van der Waals surface area contributed by atoms with Gasteiger partial charge >= 0.3 is 6.16 Å². The van der Waals surface area contributed by atoms with Gasteiger partial charge in [0, 0.05) is 4.47 Å². The van der Waals surface area contributed by atoms with Crippen LogP contribution in [0, 0.1) is 0 Å². The summed E-state index contributed by atoms with van der Waals surface area (Å²) in [4.78, 5) is 10.9. The number of hydrogen-bond acceptors (Lipinski definition) is 3. The van der Waals surface area contributed by atoms with Gasteiger partial charge in [-0.25, -0.2) is 4.79 Å². The second-order valence-electron chi connectivity index (χ2n) is 3.21. The van der Waals surface area contributed by atoms with Gasteiger partial charge in [0.15, 0.2) is 0 Å². The Bertz CT molecular complexity index is 537. The summed E-state index contributed by atoms with van der Waals surface area (Å²) < 4.78 is 10.4. The third kappa shape index (κ3) is 2.33. The fourth-order valence-electron chi connectivity index (χ4n) is 1.40. The normalized spacial score (nSPS) is 10.1. The number of fused-ring (bicyclic) bond motifs is 1. The van der Waals surface area contributed by atoms with Crippen LogP contribution in [0.4, 0.5) is 4.79 Å². The molecule has 0 saturated carbocycles. The Labute approximate surface area is 101 Å². The van der Waals surface area contributed by atoms with Crippen molar-refractivity contribution in [3.05, 3.63) is 40.9 Å². The largest absolute Gasteiger partial charge is 0.513 e. The van der Waals surface area contributed by atoms with Crippen LogP contribution < -0.4 is 4.74 Å². The third-order valence-corrected chi connectivity index (χ3v) is 2.63. The lowest BCUT2D eigenvalue weighted by Crippen LogP contribution is -2.06. The minimum Gasteiger partial charge on any atom is -0.437 e. The summed E-state index contributed by atoms with van der Waals surface area (Å²) in [5.74, 6) is 0.474. The molecule has 2 aromatic carbocycles. The van der Waals surface area contributed by atoms with Crippen LogP contribution in [-0.2, 0) is 4.74 Å². The monoisotopic (exact) mass is 280 g/mol. The van der Waals surface area contributed by atoms with Crippen molar-refractivity contribution in [1.29, 1.82) is 0 Å². The number of carbonyl (C=O) groups is 1. The minimum absolute atomic E-state index is 0.474. The van der Waals surface area contributed by atoms with E-state index in [2.05, 4.69) is 20.7 Å². The molecule has 2 rings (SSSR count). The molecular formula is C12H9BrO3. The first-order chi connectivity index (χ1) is 7.69. The maximum atomic E-state index is 10.9. The van der Waals surface area contributed by atoms with Crippen LogP contribution in [0.3, 0.4) is 0 Å². The van der Waals surface area contributed by atoms with Gasteiger partial charge in [-0.1, -0.05) is 28.1 Å². The Morgan fingerprint density at radius 1 is 1.12 bits per heavy atom. The van der Waals surface area contributed by atoms with Crippen molar-refractivity contribution in [1.82, 2.24) is 0 Å². The van der Waals surface area contributed by atoms with Gasteiger partial charge in [0.2, 0.25) is 0 Å². The highest BCUT2D eigenvalue weighted by atomic mass is 79.9. The highest BCUT2D eigenvalue weighted by Crippen LogP contribution is 2.24. The van der Waals surface area contributed by atoms with Gasteiger partial charge in [0.1, 0.15) is 5.75 Å². The number of ether oxygens (including phenoxy) is 2. The van der Waals surface area contributed by atoms with Gasteiger partial charge in [-0.2, -0.15) is 0 Å². The SMILES string of the molecule is COC(=O)Oc1ccc2cc(Br)ccc2c1. The van der Waals surface area contributed by atoms with E-state index in [0.717, 1.165) is 15.2 Å². The van der Waals surface area contributed by atoms with Crippen molar-refractivity contribution in [3.8, 4) is 5.75 Å². The predicted molar refractivity (Wildman–Crippen MR) is 64.7 cm³/mol. The molecule has 2 aromatic rings. The molecule has 0 unspecified atom stereocenters. The maximum Gasteiger partial charge on any atom is 0.513 e. The highest BCUT2D eigenvalue weighted by Gasteiger charge is 2.04. The molecule has 3 nitrogen and oxygen atoms in total. The molecule has 0 aliphatic rings. The third-order valence-electron chi connectivity index (χ3n) is 2.14. The van der Waals surface area contributed by atoms with E-state index in [1.807, 2.05) is 24.3 Å². The first kappa shape index (κ1) is 11.0. The van der Waals surface area contributed by atoms with E-state index in [1.165, 1.54) is 7.11 Å². The lowest BCUT2D eigenvalue weighted by atomic mass is 10.1. The molecule has 0 heterocycles. The number of halogens is 1. The molecule has 0 aliphatic heterocycles. The maximum absolute atomic E-state index is 10.9. The first-order valence-electron chi connectivity index (χ1n) is 4.64. The summed E-state index contributed by atoms with van der Waals surface area (Å²) in [5, 5.41) is 2.08. The van der Waals surface area contributed by atoms with Crippen LogP contribution in [0.2, 0.25) is 0 Å². The van der Waals surface area contributed by atoms with Crippen LogP contribution in [0.5, 0.6) is 5.75 Å². The van der Waals surface area contributed by atoms with E-state index in [4.69, 9.17) is 4.74 Å². The smallest absolute Gasteiger partial charge is 0.437 e. The van der Waals surface area contributed by atoms with Gasteiger partial charge in [-0.3, -0.25) is 0 Å².